The molecule has 3 aromatic rings. The van der Waals surface area contributed by atoms with Gasteiger partial charge in [-0.15, -0.1) is 0 Å². The number of rotatable bonds is 2. The van der Waals surface area contributed by atoms with E-state index in [0.29, 0.717) is 26.9 Å². The number of pyridine rings is 1. The van der Waals surface area contributed by atoms with E-state index in [1.807, 2.05) is 12.1 Å². The number of nitriles is 1. The number of nitrogens with one attached hydrogen (secondary N) is 1. The Labute approximate surface area is 130 Å². The molecule has 1 N–H and O–H groups in total. The van der Waals surface area contributed by atoms with Crippen molar-refractivity contribution in [2.75, 3.05) is 0 Å². The molecule has 0 unspecified atom stereocenters. The second-order valence-corrected chi connectivity index (χ2v) is 5.00. The van der Waals surface area contributed by atoms with Crippen molar-refractivity contribution < 1.29 is 0 Å². The third-order valence-electron chi connectivity index (χ3n) is 2.93. The number of aromatic amines is 1. The van der Waals surface area contributed by atoms with E-state index in [1.54, 1.807) is 35.2 Å². The van der Waals surface area contributed by atoms with Crippen LogP contribution in [-0.2, 0) is 0 Å². The van der Waals surface area contributed by atoms with Gasteiger partial charge in [-0.3, -0.25) is 14.6 Å². The van der Waals surface area contributed by atoms with E-state index in [9.17, 15) is 0 Å². The molecule has 5 nitrogen and oxygen atoms in total. The third-order valence-corrected chi connectivity index (χ3v) is 3.52. The molecule has 1 aromatic carbocycles. The maximum atomic E-state index is 9.05. The summed E-state index contributed by atoms with van der Waals surface area (Å²) in [7, 11) is 0. The molecule has 0 saturated heterocycles. The summed E-state index contributed by atoms with van der Waals surface area (Å²) < 4.78 is 2.10. The Kier molecular flexibility index (Phi) is 3.52. The maximum Gasteiger partial charge on any atom is 0.200 e. The summed E-state index contributed by atoms with van der Waals surface area (Å²) in [6.07, 6.45) is 3.34. The smallest absolute Gasteiger partial charge is 0.200 e. The van der Waals surface area contributed by atoms with Crippen LogP contribution in [0.15, 0.2) is 42.7 Å². The molecule has 2 aromatic heterocycles. The zero-order chi connectivity index (χ0) is 14.8. The molecule has 0 atom stereocenters. The highest BCUT2D eigenvalue weighted by Crippen LogP contribution is 2.27. The summed E-state index contributed by atoms with van der Waals surface area (Å²) in [4.78, 5) is 3.98. The highest BCUT2D eigenvalue weighted by molar-refractivity contribution is 7.71. The van der Waals surface area contributed by atoms with Crippen molar-refractivity contribution in [1.82, 2.24) is 19.7 Å². The Morgan fingerprint density at radius 3 is 2.71 bits per heavy atom. The molecule has 0 spiro atoms. The Balaban J connectivity index is 2.28. The number of halogens is 1. The molecule has 0 bridgehead atoms. The van der Waals surface area contributed by atoms with Gasteiger partial charge in [0.05, 0.1) is 22.3 Å². The molecule has 0 fully saturated rings. The fraction of sp³-hybridized carbons (Fsp3) is 0. The molecular formula is C14H8ClN5S. The Bertz CT molecular complexity index is 892. The molecule has 0 radical (unpaired) electrons. The Morgan fingerprint density at radius 1 is 1.24 bits per heavy atom. The predicted molar refractivity (Wildman–Crippen MR) is 81.7 cm³/mol. The first-order valence-corrected chi connectivity index (χ1v) is 6.77. The summed E-state index contributed by atoms with van der Waals surface area (Å²) in [5.41, 5.74) is 1.95. The quantitative estimate of drug-likeness (QED) is 0.735. The number of H-pyrrole nitrogens is 1. The lowest BCUT2D eigenvalue weighted by Crippen LogP contribution is -1.99. The second kappa shape index (κ2) is 5.48. The van der Waals surface area contributed by atoms with Crippen LogP contribution < -0.4 is 0 Å². The third kappa shape index (κ3) is 2.44. The van der Waals surface area contributed by atoms with E-state index in [2.05, 4.69) is 21.3 Å². The summed E-state index contributed by atoms with van der Waals surface area (Å²) in [5, 5.41) is 16.5. The van der Waals surface area contributed by atoms with E-state index in [0.717, 1.165) is 5.56 Å². The van der Waals surface area contributed by atoms with Gasteiger partial charge in [-0.05, 0) is 42.5 Å². The van der Waals surface area contributed by atoms with E-state index >= 15 is 0 Å². The summed E-state index contributed by atoms with van der Waals surface area (Å²) >= 11 is 11.5. The predicted octanol–water partition coefficient (Wildman–Crippen LogP) is 3.52. The van der Waals surface area contributed by atoms with Gasteiger partial charge in [0.2, 0.25) is 0 Å². The molecule has 7 heteroatoms. The maximum absolute atomic E-state index is 9.05. The minimum Gasteiger partial charge on any atom is -0.267 e. The van der Waals surface area contributed by atoms with Crippen LogP contribution in [-0.4, -0.2) is 19.7 Å². The van der Waals surface area contributed by atoms with Gasteiger partial charge in [-0.1, -0.05) is 11.6 Å². The van der Waals surface area contributed by atoms with E-state index in [1.165, 1.54) is 0 Å². The normalized spacial score (nSPS) is 10.3. The molecule has 0 aliphatic carbocycles. The van der Waals surface area contributed by atoms with Crippen LogP contribution in [0.1, 0.15) is 5.56 Å². The fourth-order valence-electron chi connectivity index (χ4n) is 1.97. The summed E-state index contributed by atoms with van der Waals surface area (Å²) in [6, 6.07) is 10.7. The summed E-state index contributed by atoms with van der Waals surface area (Å²) in [6.45, 7) is 0. The Hall–Kier alpha value is -2.49. The first-order chi connectivity index (χ1) is 10.2. The van der Waals surface area contributed by atoms with Crippen LogP contribution in [0.4, 0.5) is 0 Å². The van der Waals surface area contributed by atoms with Gasteiger partial charge in [0, 0.05) is 18.0 Å². The SMILES string of the molecule is N#Cc1ccc(Cl)c(-n2c(-c3ccncc3)n[nH]c2=S)c1. The van der Waals surface area contributed by atoms with Crippen LogP contribution in [0.25, 0.3) is 17.1 Å². The van der Waals surface area contributed by atoms with Crippen molar-refractivity contribution in [2.45, 2.75) is 0 Å². The monoisotopic (exact) mass is 313 g/mol. The van der Waals surface area contributed by atoms with Crippen molar-refractivity contribution in [3.63, 3.8) is 0 Å². The highest BCUT2D eigenvalue weighted by atomic mass is 35.5. The highest BCUT2D eigenvalue weighted by Gasteiger charge is 2.13. The van der Waals surface area contributed by atoms with Crippen LogP contribution in [0.3, 0.4) is 0 Å². The van der Waals surface area contributed by atoms with Crippen molar-refractivity contribution >= 4 is 23.8 Å². The van der Waals surface area contributed by atoms with Crippen molar-refractivity contribution in [2.24, 2.45) is 0 Å². The van der Waals surface area contributed by atoms with Crippen molar-refractivity contribution in [3.8, 4) is 23.1 Å². The minimum absolute atomic E-state index is 0.402. The fourth-order valence-corrected chi connectivity index (χ4v) is 2.40. The lowest BCUT2D eigenvalue weighted by Gasteiger charge is -2.09. The molecule has 3 rings (SSSR count). The van der Waals surface area contributed by atoms with Gasteiger partial charge in [-0.2, -0.15) is 10.4 Å². The molecule has 102 valence electrons. The lowest BCUT2D eigenvalue weighted by atomic mass is 10.2. The summed E-state index contributed by atoms with van der Waals surface area (Å²) in [5.74, 6) is 0.611. The topological polar surface area (TPSA) is 70.3 Å². The van der Waals surface area contributed by atoms with Crippen LogP contribution in [0.5, 0.6) is 0 Å². The number of hydrogen-bond acceptors (Lipinski definition) is 4. The number of hydrogen-bond donors (Lipinski definition) is 1. The standard InChI is InChI=1S/C14H8ClN5S/c15-11-2-1-9(8-16)7-12(11)20-13(18-19-14(20)21)10-3-5-17-6-4-10/h1-7H,(H,19,21). The number of benzene rings is 1. The number of nitrogens with zero attached hydrogens (tertiary/aromatic N) is 4. The first kappa shape index (κ1) is 13.5. The average Bonchev–Trinajstić information content (AvgIpc) is 2.90. The molecule has 0 saturated carbocycles. The van der Waals surface area contributed by atoms with Gasteiger partial charge >= 0.3 is 0 Å². The van der Waals surface area contributed by atoms with E-state index < -0.39 is 0 Å². The van der Waals surface area contributed by atoms with Crippen LogP contribution in [0, 0.1) is 16.1 Å². The van der Waals surface area contributed by atoms with E-state index in [-0.39, 0.29) is 0 Å². The number of aromatic nitrogens is 4. The second-order valence-electron chi connectivity index (χ2n) is 4.20. The average molecular weight is 314 g/mol. The van der Waals surface area contributed by atoms with Gasteiger partial charge in [-0.25, -0.2) is 0 Å². The molecule has 0 aliphatic rings. The zero-order valence-corrected chi connectivity index (χ0v) is 12.2. The Morgan fingerprint density at radius 2 is 2.00 bits per heavy atom. The molecule has 21 heavy (non-hydrogen) atoms. The largest absolute Gasteiger partial charge is 0.267 e. The van der Waals surface area contributed by atoms with Gasteiger partial charge < -0.3 is 0 Å². The minimum atomic E-state index is 0.402. The first-order valence-electron chi connectivity index (χ1n) is 5.98. The van der Waals surface area contributed by atoms with Crippen molar-refractivity contribution in [3.05, 3.63) is 58.1 Å². The van der Waals surface area contributed by atoms with Crippen LogP contribution >= 0.6 is 23.8 Å². The molecular weight excluding hydrogens is 306 g/mol. The van der Waals surface area contributed by atoms with Crippen LogP contribution in [0.2, 0.25) is 5.02 Å². The van der Waals surface area contributed by atoms with Gasteiger partial charge in [0.1, 0.15) is 0 Å². The van der Waals surface area contributed by atoms with E-state index in [4.69, 9.17) is 29.1 Å². The zero-order valence-electron chi connectivity index (χ0n) is 10.6. The molecule has 2 heterocycles. The van der Waals surface area contributed by atoms with Crippen molar-refractivity contribution in [1.29, 1.82) is 5.26 Å². The lowest BCUT2D eigenvalue weighted by molar-refractivity contribution is 1.03. The van der Waals surface area contributed by atoms with Gasteiger partial charge in [0.25, 0.3) is 0 Å². The van der Waals surface area contributed by atoms with Gasteiger partial charge in [0.15, 0.2) is 10.6 Å². The molecule has 0 amide bonds. The molecule has 0 aliphatic heterocycles.